The van der Waals surface area contributed by atoms with Crippen molar-refractivity contribution in [2.24, 2.45) is 5.92 Å². The van der Waals surface area contributed by atoms with Gasteiger partial charge in [0.05, 0.1) is 17.8 Å². The van der Waals surface area contributed by atoms with Gasteiger partial charge in [0.2, 0.25) is 0 Å². The van der Waals surface area contributed by atoms with Gasteiger partial charge < -0.3 is 20.5 Å². The van der Waals surface area contributed by atoms with Crippen molar-refractivity contribution in [2.75, 3.05) is 11.9 Å². The Morgan fingerprint density at radius 2 is 1.83 bits per heavy atom. The summed E-state index contributed by atoms with van der Waals surface area (Å²) in [7, 11) is -4.39. The number of aromatic amines is 1. The van der Waals surface area contributed by atoms with Crippen molar-refractivity contribution >= 4 is 43.6 Å². The molecule has 3 aromatic heterocycles. The number of nitrogens with one attached hydrogen (secondary N) is 3. The molecule has 2 aromatic carbocycles. The van der Waals surface area contributed by atoms with Crippen LogP contribution >= 0.6 is 0 Å². The highest BCUT2D eigenvalue weighted by Crippen LogP contribution is 2.32. The van der Waals surface area contributed by atoms with E-state index < -0.39 is 34.5 Å². The van der Waals surface area contributed by atoms with E-state index in [-0.39, 0.29) is 13.0 Å². The number of rotatable bonds is 6. The first kappa shape index (κ1) is 22.9. The summed E-state index contributed by atoms with van der Waals surface area (Å²) in [5.74, 6) is -0.00750. The Hall–Kier alpha value is -3.55. The van der Waals surface area contributed by atoms with E-state index in [0.29, 0.717) is 11.5 Å². The van der Waals surface area contributed by atoms with Crippen LogP contribution in [-0.2, 0) is 10.3 Å². The van der Waals surface area contributed by atoms with Gasteiger partial charge in [0.25, 0.3) is 0 Å². The zero-order valence-corrected chi connectivity index (χ0v) is 19.7. The predicted molar refractivity (Wildman–Crippen MR) is 135 cm³/mol. The first-order valence-corrected chi connectivity index (χ1v) is 12.9. The molecule has 186 valence electrons. The average molecular weight is 509 g/mol. The molecule has 1 aliphatic carbocycles. The van der Waals surface area contributed by atoms with E-state index in [1.807, 2.05) is 41.1 Å². The minimum absolute atomic E-state index is 0.191. The number of anilines is 1. The van der Waals surface area contributed by atoms with Crippen LogP contribution in [0.2, 0.25) is 0 Å². The van der Waals surface area contributed by atoms with Crippen LogP contribution < -0.4 is 10.0 Å². The number of aromatic nitrogens is 4. The van der Waals surface area contributed by atoms with Gasteiger partial charge in [-0.15, -0.1) is 0 Å². The number of aliphatic hydroxyl groups excluding tert-OH is 2. The Labute approximate surface area is 205 Å². The first-order chi connectivity index (χ1) is 17.3. The molecule has 4 atom stereocenters. The lowest BCUT2D eigenvalue weighted by atomic mass is 10.1. The van der Waals surface area contributed by atoms with E-state index >= 15 is 0 Å². The van der Waals surface area contributed by atoms with E-state index in [2.05, 4.69) is 27.4 Å². The summed E-state index contributed by atoms with van der Waals surface area (Å²) in [6, 6.07) is 17.3. The fourth-order valence-corrected chi connectivity index (χ4v) is 5.45. The number of hydrogen-bond donors (Lipinski definition) is 6. The standard InChI is InChI=1S/C24H24N6O5S/c31-23-14(12-26-36(33,34)35)10-20(24(23)32)28-21-7-8-25-22-11-19(29-30(21)22)13-5-6-18-16(9-13)15-3-1-2-4-17(15)27-18/h1-9,11,14,20,23-24,26-28,31-32H,10,12H2,(H,33,34,35)/t14-,20-,23-,24+/m1/s1. The third kappa shape index (κ3) is 4.08. The molecule has 1 saturated carbocycles. The molecule has 0 amide bonds. The van der Waals surface area contributed by atoms with Crippen LogP contribution in [0.4, 0.5) is 5.82 Å². The number of benzene rings is 2. The molecule has 6 N–H and O–H groups in total. The molecule has 0 radical (unpaired) electrons. The molecule has 0 aliphatic heterocycles. The zero-order valence-electron chi connectivity index (χ0n) is 18.9. The second-order valence-electron chi connectivity index (χ2n) is 9.11. The van der Waals surface area contributed by atoms with Crippen LogP contribution in [0.25, 0.3) is 38.7 Å². The summed E-state index contributed by atoms with van der Waals surface area (Å²) in [6.07, 6.45) is -0.396. The van der Waals surface area contributed by atoms with Crippen molar-refractivity contribution in [2.45, 2.75) is 24.7 Å². The number of aliphatic hydroxyl groups is 2. The van der Waals surface area contributed by atoms with Gasteiger partial charge in [-0.1, -0.05) is 24.3 Å². The summed E-state index contributed by atoms with van der Waals surface area (Å²) < 4.78 is 34.5. The molecule has 0 unspecified atom stereocenters. The fraction of sp³-hybridized carbons (Fsp3) is 0.250. The van der Waals surface area contributed by atoms with Crippen LogP contribution in [0.15, 0.2) is 60.8 Å². The molecule has 6 rings (SSSR count). The highest BCUT2D eigenvalue weighted by Gasteiger charge is 2.41. The van der Waals surface area contributed by atoms with Crippen molar-refractivity contribution < 1.29 is 23.2 Å². The third-order valence-corrected chi connectivity index (χ3v) is 7.35. The SMILES string of the molecule is O=S(=O)(O)NC[C@H]1C[C@@H](Nc2ccnc3cc(-c4ccc5[nH]c6ccccc6c5c4)nn23)[C@H](O)[C@@H]1O. The first-order valence-electron chi connectivity index (χ1n) is 11.5. The maximum absolute atomic E-state index is 11.0. The quantitative estimate of drug-likeness (QED) is 0.189. The van der Waals surface area contributed by atoms with Crippen LogP contribution in [-0.4, -0.2) is 67.6 Å². The van der Waals surface area contributed by atoms with Crippen LogP contribution in [0.3, 0.4) is 0 Å². The largest absolute Gasteiger partial charge is 0.390 e. The summed E-state index contributed by atoms with van der Waals surface area (Å²) in [5, 5.41) is 31.1. The topological polar surface area (TPSA) is 165 Å². The van der Waals surface area contributed by atoms with E-state index in [0.717, 1.165) is 33.1 Å². The maximum atomic E-state index is 11.0. The Bertz CT molecular complexity index is 1700. The maximum Gasteiger partial charge on any atom is 0.333 e. The normalized spacial score (nSPS) is 22.6. The number of nitrogens with zero attached hydrogens (tertiary/aromatic N) is 3. The van der Waals surface area contributed by atoms with E-state index in [4.69, 9.17) is 9.65 Å². The highest BCUT2D eigenvalue weighted by molar-refractivity contribution is 7.83. The second-order valence-corrected chi connectivity index (χ2v) is 10.4. The molecular weight excluding hydrogens is 484 g/mol. The summed E-state index contributed by atoms with van der Waals surface area (Å²) >= 11 is 0. The molecule has 1 fully saturated rings. The molecule has 0 bridgehead atoms. The van der Waals surface area contributed by atoms with E-state index in [1.54, 1.807) is 16.8 Å². The third-order valence-electron chi connectivity index (χ3n) is 6.82. The second kappa shape index (κ2) is 8.54. The van der Waals surface area contributed by atoms with E-state index in [1.165, 1.54) is 0 Å². The summed E-state index contributed by atoms with van der Waals surface area (Å²) in [6.45, 7) is -0.191. The van der Waals surface area contributed by atoms with Gasteiger partial charge in [-0.3, -0.25) is 4.55 Å². The van der Waals surface area contributed by atoms with Crippen molar-refractivity contribution in [1.29, 1.82) is 0 Å². The minimum Gasteiger partial charge on any atom is -0.390 e. The molecule has 0 spiro atoms. The monoisotopic (exact) mass is 508 g/mol. The average Bonchev–Trinajstić information content (AvgIpc) is 3.52. The minimum atomic E-state index is -4.39. The molecule has 5 aromatic rings. The Morgan fingerprint density at radius 3 is 2.67 bits per heavy atom. The smallest absolute Gasteiger partial charge is 0.333 e. The molecular formula is C24H24N6O5S. The van der Waals surface area contributed by atoms with Gasteiger partial charge in [0.1, 0.15) is 11.9 Å². The van der Waals surface area contributed by atoms with Crippen molar-refractivity contribution in [3.8, 4) is 11.3 Å². The molecule has 11 nitrogen and oxygen atoms in total. The van der Waals surface area contributed by atoms with Crippen molar-refractivity contribution in [1.82, 2.24) is 24.3 Å². The molecule has 36 heavy (non-hydrogen) atoms. The van der Waals surface area contributed by atoms with Gasteiger partial charge in [-0.05, 0) is 30.7 Å². The van der Waals surface area contributed by atoms with Crippen LogP contribution in [0.5, 0.6) is 0 Å². The number of para-hydroxylation sites is 1. The van der Waals surface area contributed by atoms with Gasteiger partial charge in [-0.25, -0.2) is 4.98 Å². The van der Waals surface area contributed by atoms with E-state index in [9.17, 15) is 18.6 Å². The number of fused-ring (bicyclic) bond motifs is 4. The molecule has 1 aliphatic rings. The number of H-pyrrole nitrogens is 1. The summed E-state index contributed by atoms with van der Waals surface area (Å²) in [5.41, 5.74) is 4.36. The van der Waals surface area contributed by atoms with Gasteiger partial charge in [0.15, 0.2) is 5.65 Å². The Kier molecular flexibility index (Phi) is 5.43. The van der Waals surface area contributed by atoms with Gasteiger partial charge >= 0.3 is 10.3 Å². The van der Waals surface area contributed by atoms with Gasteiger partial charge in [-0.2, -0.15) is 22.8 Å². The predicted octanol–water partition coefficient (Wildman–Crippen LogP) is 1.95. The Morgan fingerprint density at radius 1 is 1.03 bits per heavy atom. The number of hydrogen-bond acceptors (Lipinski definition) is 7. The molecule has 12 heteroatoms. The lowest BCUT2D eigenvalue weighted by Gasteiger charge is -2.19. The van der Waals surface area contributed by atoms with Gasteiger partial charge in [0, 0.05) is 52.1 Å². The van der Waals surface area contributed by atoms with Crippen molar-refractivity contribution in [3.63, 3.8) is 0 Å². The summed E-state index contributed by atoms with van der Waals surface area (Å²) in [4.78, 5) is 7.83. The lowest BCUT2D eigenvalue weighted by Crippen LogP contribution is -2.37. The highest BCUT2D eigenvalue weighted by atomic mass is 32.2. The lowest BCUT2D eigenvalue weighted by molar-refractivity contribution is 0.0184. The zero-order chi connectivity index (χ0) is 25.0. The molecule has 0 saturated heterocycles. The fourth-order valence-electron chi connectivity index (χ4n) is 5.03. The Balaban J connectivity index is 1.30. The van der Waals surface area contributed by atoms with Crippen LogP contribution in [0.1, 0.15) is 6.42 Å². The molecule has 3 heterocycles. The van der Waals surface area contributed by atoms with Crippen molar-refractivity contribution in [3.05, 3.63) is 60.8 Å². The van der Waals surface area contributed by atoms with Crippen LogP contribution in [0, 0.1) is 5.92 Å².